The molecule has 0 aromatic heterocycles. The van der Waals surface area contributed by atoms with E-state index in [2.05, 4.69) is 41.1 Å². The monoisotopic (exact) mass is 267 g/mol. The number of nitrogens with one attached hydrogen (secondary N) is 1. The van der Waals surface area contributed by atoms with Crippen LogP contribution in [0.15, 0.2) is 22.6 Å². The Morgan fingerprint density at radius 3 is 2.45 bits per heavy atom. The van der Waals surface area contributed by atoms with Crippen molar-refractivity contribution in [2.24, 2.45) is 0 Å². The van der Waals surface area contributed by atoms with Gasteiger partial charge in [-0.15, -0.1) is 0 Å². The average Bonchev–Trinajstić information content (AvgIpc) is 1.86. The van der Waals surface area contributed by atoms with Crippen LogP contribution in [-0.2, 0) is 0 Å². The van der Waals surface area contributed by atoms with Crippen LogP contribution in [0.3, 0.4) is 0 Å². The van der Waals surface area contributed by atoms with Gasteiger partial charge in [0.2, 0.25) is 0 Å². The molecule has 0 aliphatic heterocycles. The Morgan fingerprint density at radius 2 is 2.00 bits per heavy atom. The van der Waals surface area contributed by atoms with Crippen LogP contribution in [0.4, 0.5) is 0 Å². The van der Waals surface area contributed by atoms with Gasteiger partial charge in [-0.2, -0.15) is 0 Å². The minimum Gasteiger partial charge on any atom is -0.396 e. The normalized spacial score (nSPS) is 9.27. The van der Waals surface area contributed by atoms with Crippen molar-refractivity contribution in [2.75, 3.05) is 6.61 Å². The number of halogens is 1. The Bertz CT molecular complexity index is 145. The zero-order valence-corrected chi connectivity index (χ0v) is 8.73. The Labute approximate surface area is 81.5 Å². The molecule has 0 atom stereocenters. The van der Waals surface area contributed by atoms with E-state index in [1.54, 1.807) is 0 Å². The molecule has 0 heterocycles. The van der Waals surface area contributed by atoms with Crippen LogP contribution < -0.4 is 5.32 Å². The van der Waals surface area contributed by atoms with Gasteiger partial charge in [-0.05, 0) is 41.9 Å². The highest BCUT2D eigenvalue weighted by atomic mass is 127. The molecule has 0 bridgehead atoms. The van der Waals surface area contributed by atoms with Crippen molar-refractivity contribution < 1.29 is 5.11 Å². The van der Waals surface area contributed by atoms with Crippen molar-refractivity contribution in [3.63, 3.8) is 0 Å². The number of hydrogen-bond donors (Lipinski definition) is 2. The zero-order valence-electron chi connectivity index (χ0n) is 6.57. The van der Waals surface area contributed by atoms with Crippen molar-refractivity contribution in [1.29, 1.82) is 0 Å². The fraction of sp³-hybridized carbons (Fsp3) is 0.500. The molecule has 2 nitrogen and oxygen atoms in total. The first-order valence-electron chi connectivity index (χ1n) is 3.57. The second kappa shape index (κ2) is 6.67. The van der Waals surface area contributed by atoms with Gasteiger partial charge in [0, 0.05) is 12.3 Å². The van der Waals surface area contributed by atoms with Crippen LogP contribution in [0.5, 0.6) is 0 Å². The maximum absolute atomic E-state index is 8.49. The molecule has 0 aromatic carbocycles. The molecule has 0 radical (unpaired) electrons. The first-order valence-corrected chi connectivity index (χ1v) is 4.64. The first-order chi connectivity index (χ1) is 5.16. The van der Waals surface area contributed by atoms with Crippen LogP contribution in [-0.4, -0.2) is 11.7 Å². The van der Waals surface area contributed by atoms with Gasteiger partial charge in [0.1, 0.15) is 0 Å². The van der Waals surface area contributed by atoms with Gasteiger partial charge in [-0.3, -0.25) is 0 Å². The fourth-order valence-corrected chi connectivity index (χ4v) is 1.09. The minimum atomic E-state index is 0.262. The van der Waals surface area contributed by atoms with Gasteiger partial charge in [-0.1, -0.05) is 13.2 Å². The zero-order chi connectivity index (χ0) is 8.69. The van der Waals surface area contributed by atoms with Gasteiger partial charge in [0.15, 0.2) is 0 Å². The number of aliphatic hydroxyl groups is 1. The number of unbranched alkanes of at least 4 members (excludes halogenated alkanes) is 1. The molecule has 0 saturated carbocycles. The standard InChI is InChI=1S/C8H14INO/c1-7(10-8(2)9)5-3-4-6-11/h10-11H,1-6H2. The van der Waals surface area contributed by atoms with E-state index in [4.69, 9.17) is 5.11 Å². The van der Waals surface area contributed by atoms with Gasteiger partial charge in [0.05, 0.1) is 3.70 Å². The molecular formula is C8H14INO. The second-order valence-corrected chi connectivity index (χ2v) is 3.62. The summed E-state index contributed by atoms with van der Waals surface area (Å²) in [5.74, 6) is 0. The van der Waals surface area contributed by atoms with Crippen molar-refractivity contribution >= 4 is 22.6 Å². The summed E-state index contributed by atoms with van der Waals surface area (Å²) in [6.45, 7) is 7.76. The smallest absolute Gasteiger partial charge is 0.0700 e. The summed E-state index contributed by atoms with van der Waals surface area (Å²) in [7, 11) is 0. The molecule has 0 aliphatic rings. The Kier molecular flexibility index (Phi) is 6.65. The summed E-state index contributed by atoms with van der Waals surface area (Å²) in [6.07, 6.45) is 2.73. The summed E-state index contributed by atoms with van der Waals surface area (Å²) in [6, 6.07) is 0. The Hall–Kier alpha value is -0.0300. The van der Waals surface area contributed by atoms with E-state index in [0.717, 1.165) is 28.7 Å². The third-order valence-electron chi connectivity index (χ3n) is 1.20. The molecule has 0 unspecified atom stereocenters. The molecule has 0 aliphatic carbocycles. The lowest BCUT2D eigenvalue weighted by molar-refractivity contribution is 0.284. The van der Waals surface area contributed by atoms with E-state index in [0.29, 0.717) is 0 Å². The van der Waals surface area contributed by atoms with E-state index in [1.165, 1.54) is 0 Å². The lowest BCUT2D eigenvalue weighted by Gasteiger charge is -2.06. The molecule has 0 aromatic rings. The summed E-state index contributed by atoms with van der Waals surface area (Å²) < 4.78 is 0.886. The van der Waals surface area contributed by atoms with Crippen molar-refractivity contribution in [2.45, 2.75) is 19.3 Å². The van der Waals surface area contributed by atoms with Gasteiger partial charge in [0.25, 0.3) is 0 Å². The Balaban J connectivity index is 3.30. The van der Waals surface area contributed by atoms with E-state index < -0.39 is 0 Å². The predicted octanol–water partition coefficient (Wildman–Crippen LogP) is 2.16. The molecule has 3 heteroatoms. The van der Waals surface area contributed by atoms with E-state index in [9.17, 15) is 0 Å². The maximum Gasteiger partial charge on any atom is 0.0700 e. The van der Waals surface area contributed by atoms with E-state index in [-0.39, 0.29) is 6.61 Å². The van der Waals surface area contributed by atoms with E-state index in [1.807, 2.05) is 0 Å². The summed E-state index contributed by atoms with van der Waals surface area (Å²) >= 11 is 2.10. The third-order valence-corrected chi connectivity index (χ3v) is 1.47. The topological polar surface area (TPSA) is 32.3 Å². The van der Waals surface area contributed by atoms with E-state index >= 15 is 0 Å². The van der Waals surface area contributed by atoms with Crippen LogP contribution in [0, 0.1) is 0 Å². The van der Waals surface area contributed by atoms with Gasteiger partial charge in [-0.25, -0.2) is 0 Å². The molecule has 0 fully saturated rings. The molecule has 0 amide bonds. The lowest BCUT2D eigenvalue weighted by Crippen LogP contribution is -2.06. The number of aliphatic hydroxyl groups excluding tert-OH is 1. The Morgan fingerprint density at radius 1 is 1.36 bits per heavy atom. The van der Waals surface area contributed by atoms with Crippen molar-refractivity contribution in [1.82, 2.24) is 5.32 Å². The molecule has 0 spiro atoms. The highest BCUT2D eigenvalue weighted by Crippen LogP contribution is 2.06. The SMILES string of the molecule is C=C(I)NC(=C)CCCCO. The van der Waals surface area contributed by atoms with Crippen molar-refractivity contribution in [3.05, 3.63) is 22.6 Å². The number of rotatable bonds is 6. The first kappa shape index (κ1) is 11.0. The van der Waals surface area contributed by atoms with Crippen LogP contribution >= 0.6 is 22.6 Å². The molecule has 11 heavy (non-hydrogen) atoms. The predicted molar refractivity (Wildman–Crippen MR) is 56.4 cm³/mol. The second-order valence-electron chi connectivity index (χ2n) is 2.31. The quantitative estimate of drug-likeness (QED) is 0.439. The van der Waals surface area contributed by atoms with Crippen LogP contribution in [0.1, 0.15) is 19.3 Å². The van der Waals surface area contributed by atoms with Crippen LogP contribution in [0.25, 0.3) is 0 Å². The molecule has 64 valence electrons. The average molecular weight is 267 g/mol. The molecule has 2 N–H and O–H groups in total. The lowest BCUT2D eigenvalue weighted by atomic mass is 10.2. The molecular weight excluding hydrogens is 253 g/mol. The summed E-state index contributed by atoms with van der Waals surface area (Å²) in [5, 5.41) is 11.5. The summed E-state index contributed by atoms with van der Waals surface area (Å²) in [5.41, 5.74) is 0.970. The maximum atomic E-state index is 8.49. The van der Waals surface area contributed by atoms with Crippen molar-refractivity contribution in [3.8, 4) is 0 Å². The minimum absolute atomic E-state index is 0.262. The summed E-state index contributed by atoms with van der Waals surface area (Å²) in [4.78, 5) is 0. The highest BCUT2D eigenvalue weighted by Gasteiger charge is 1.93. The van der Waals surface area contributed by atoms with Crippen LogP contribution in [0.2, 0.25) is 0 Å². The number of hydrogen-bond acceptors (Lipinski definition) is 2. The fourth-order valence-electron chi connectivity index (χ4n) is 0.705. The largest absolute Gasteiger partial charge is 0.396 e. The highest BCUT2D eigenvalue weighted by molar-refractivity contribution is 14.1. The molecule has 0 rings (SSSR count). The third kappa shape index (κ3) is 7.87. The number of allylic oxidation sites excluding steroid dienone is 1. The van der Waals surface area contributed by atoms with Gasteiger partial charge < -0.3 is 10.4 Å². The molecule has 0 saturated heterocycles. The van der Waals surface area contributed by atoms with Gasteiger partial charge >= 0.3 is 0 Å².